The number of sulfonamides is 1. The molecule has 1 N–H and O–H groups in total. The molecular weight excluding hydrogens is 261 g/mol. The molecule has 1 aromatic heterocycles. The van der Waals surface area contributed by atoms with Crippen LogP contribution in [0.25, 0.3) is 0 Å². The molecule has 0 aliphatic carbocycles. The van der Waals surface area contributed by atoms with Gasteiger partial charge >= 0.3 is 0 Å². The van der Waals surface area contributed by atoms with Crippen molar-refractivity contribution in [2.75, 3.05) is 4.72 Å². The van der Waals surface area contributed by atoms with Crippen LogP contribution in [0.1, 0.15) is 13.8 Å². The average molecular weight is 270 g/mol. The second kappa shape index (κ2) is 4.51. The molecule has 84 valence electrons. The third-order valence-corrected chi connectivity index (χ3v) is 3.63. The fraction of sp³-hybridized carbons (Fsp3) is 0.429. The molecule has 0 saturated carbocycles. The second-order valence-corrected chi connectivity index (χ2v) is 6.00. The lowest BCUT2D eigenvalue weighted by Crippen LogP contribution is -2.23. The van der Waals surface area contributed by atoms with Crippen molar-refractivity contribution in [1.82, 2.24) is 9.97 Å². The molecular formula is C7H9Cl2N3O2S. The van der Waals surface area contributed by atoms with E-state index in [9.17, 15) is 8.42 Å². The van der Waals surface area contributed by atoms with Gasteiger partial charge in [-0.05, 0) is 25.4 Å². The van der Waals surface area contributed by atoms with Gasteiger partial charge < -0.3 is 0 Å². The van der Waals surface area contributed by atoms with Crippen molar-refractivity contribution in [3.05, 3.63) is 16.5 Å². The molecule has 1 rings (SSSR count). The third kappa shape index (κ3) is 3.48. The van der Waals surface area contributed by atoms with E-state index >= 15 is 0 Å². The Morgan fingerprint density at radius 1 is 1.33 bits per heavy atom. The lowest BCUT2D eigenvalue weighted by molar-refractivity contribution is 0.592. The summed E-state index contributed by atoms with van der Waals surface area (Å²) in [5.41, 5.74) is 0. The Kier molecular flexibility index (Phi) is 3.75. The maximum Gasteiger partial charge on any atom is 0.236 e. The van der Waals surface area contributed by atoms with Crippen molar-refractivity contribution >= 4 is 39.0 Å². The van der Waals surface area contributed by atoms with E-state index in [1.165, 1.54) is 6.07 Å². The van der Waals surface area contributed by atoms with Gasteiger partial charge in [-0.15, -0.1) is 0 Å². The van der Waals surface area contributed by atoms with Gasteiger partial charge in [-0.2, -0.15) is 4.98 Å². The molecule has 0 spiro atoms. The first kappa shape index (κ1) is 12.5. The van der Waals surface area contributed by atoms with Crippen LogP contribution >= 0.6 is 23.2 Å². The molecule has 1 heterocycles. The Balaban J connectivity index is 3.00. The van der Waals surface area contributed by atoms with Crippen molar-refractivity contribution in [3.63, 3.8) is 0 Å². The lowest BCUT2D eigenvalue weighted by Gasteiger charge is -2.09. The first-order valence-corrected chi connectivity index (χ1v) is 6.33. The highest BCUT2D eigenvalue weighted by molar-refractivity contribution is 7.93. The van der Waals surface area contributed by atoms with Crippen LogP contribution in [-0.4, -0.2) is 23.6 Å². The van der Waals surface area contributed by atoms with Gasteiger partial charge in [-0.3, -0.25) is 4.72 Å². The van der Waals surface area contributed by atoms with E-state index < -0.39 is 15.3 Å². The number of nitrogens with zero attached hydrogens (tertiary/aromatic N) is 2. The second-order valence-electron chi connectivity index (χ2n) is 3.04. The van der Waals surface area contributed by atoms with E-state index in [-0.39, 0.29) is 16.3 Å². The summed E-state index contributed by atoms with van der Waals surface area (Å²) in [7, 11) is -3.44. The van der Waals surface area contributed by atoms with Gasteiger partial charge in [0.1, 0.15) is 11.0 Å². The summed E-state index contributed by atoms with van der Waals surface area (Å²) in [6.07, 6.45) is 0. The lowest BCUT2D eigenvalue weighted by atomic mass is 10.6. The minimum Gasteiger partial charge on any atom is -0.267 e. The third-order valence-electron chi connectivity index (χ3n) is 1.54. The molecule has 0 saturated heterocycles. The van der Waals surface area contributed by atoms with Crippen LogP contribution in [0.4, 0.5) is 5.82 Å². The zero-order chi connectivity index (χ0) is 11.6. The number of anilines is 1. The van der Waals surface area contributed by atoms with E-state index in [0.717, 1.165) is 0 Å². The Labute approximate surface area is 97.9 Å². The van der Waals surface area contributed by atoms with Crippen molar-refractivity contribution in [3.8, 4) is 0 Å². The number of halogens is 2. The normalized spacial score (nSPS) is 11.8. The predicted molar refractivity (Wildman–Crippen MR) is 59.7 cm³/mol. The number of nitrogens with one attached hydrogen (secondary N) is 1. The molecule has 8 heteroatoms. The van der Waals surface area contributed by atoms with E-state index in [1.54, 1.807) is 13.8 Å². The molecule has 0 amide bonds. The highest BCUT2D eigenvalue weighted by Crippen LogP contribution is 2.16. The van der Waals surface area contributed by atoms with Gasteiger partial charge in [0.15, 0.2) is 0 Å². The quantitative estimate of drug-likeness (QED) is 0.673. The van der Waals surface area contributed by atoms with Gasteiger partial charge in [-0.1, -0.05) is 11.6 Å². The maximum absolute atomic E-state index is 11.5. The van der Waals surface area contributed by atoms with Crippen LogP contribution in [0.2, 0.25) is 10.4 Å². The molecule has 0 radical (unpaired) electrons. The van der Waals surface area contributed by atoms with Crippen molar-refractivity contribution in [2.45, 2.75) is 19.1 Å². The molecule has 0 aliphatic heterocycles. The zero-order valence-corrected chi connectivity index (χ0v) is 10.4. The van der Waals surface area contributed by atoms with E-state index in [1.807, 2.05) is 0 Å². The van der Waals surface area contributed by atoms with E-state index in [0.29, 0.717) is 0 Å². The summed E-state index contributed by atoms with van der Waals surface area (Å²) in [5, 5.41) is -0.592. The monoisotopic (exact) mass is 269 g/mol. The fourth-order valence-corrected chi connectivity index (χ4v) is 1.75. The summed E-state index contributed by atoms with van der Waals surface area (Å²) in [5.74, 6) is 0.0636. The van der Waals surface area contributed by atoms with Crippen molar-refractivity contribution < 1.29 is 8.42 Å². The molecule has 0 aliphatic rings. The molecule has 0 fully saturated rings. The Morgan fingerprint density at radius 3 is 2.40 bits per heavy atom. The number of hydrogen-bond donors (Lipinski definition) is 1. The summed E-state index contributed by atoms with van der Waals surface area (Å²) in [6, 6.07) is 1.29. The molecule has 0 aromatic carbocycles. The van der Waals surface area contributed by atoms with Crippen molar-refractivity contribution in [1.29, 1.82) is 0 Å². The minimum absolute atomic E-state index is 0.0636. The minimum atomic E-state index is -3.44. The maximum atomic E-state index is 11.5. The Hall–Kier alpha value is -0.590. The van der Waals surface area contributed by atoms with Gasteiger partial charge in [0.05, 0.1) is 5.25 Å². The highest BCUT2D eigenvalue weighted by Gasteiger charge is 2.16. The molecule has 1 aromatic rings. The Bertz CT molecular complexity index is 441. The van der Waals surface area contributed by atoms with E-state index in [2.05, 4.69) is 14.7 Å². The molecule has 15 heavy (non-hydrogen) atoms. The number of aromatic nitrogens is 2. The molecule has 0 bridgehead atoms. The smallest absolute Gasteiger partial charge is 0.236 e. The van der Waals surface area contributed by atoms with Gasteiger partial charge in [0.25, 0.3) is 0 Å². The van der Waals surface area contributed by atoms with Gasteiger partial charge in [0.2, 0.25) is 15.3 Å². The first-order chi connectivity index (χ1) is 6.81. The largest absolute Gasteiger partial charge is 0.267 e. The van der Waals surface area contributed by atoms with Crippen molar-refractivity contribution in [2.24, 2.45) is 0 Å². The van der Waals surface area contributed by atoms with E-state index in [4.69, 9.17) is 23.2 Å². The van der Waals surface area contributed by atoms with Crippen LogP contribution < -0.4 is 4.72 Å². The predicted octanol–water partition coefficient (Wildman–Crippen LogP) is 1.93. The number of rotatable bonds is 3. The summed E-state index contributed by atoms with van der Waals surface area (Å²) in [4.78, 5) is 7.28. The van der Waals surface area contributed by atoms with Crippen LogP contribution in [0, 0.1) is 0 Å². The molecule has 0 atom stereocenters. The highest BCUT2D eigenvalue weighted by atomic mass is 35.5. The summed E-state index contributed by atoms with van der Waals surface area (Å²) < 4.78 is 25.2. The number of hydrogen-bond acceptors (Lipinski definition) is 4. The van der Waals surface area contributed by atoms with Crippen LogP contribution in [0.3, 0.4) is 0 Å². The SMILES string of the molecule is CC(C)S(=O)(=O)Nc1cc(Cl)nc(Cl)n1. The fourth-order valence-electron chi connectivity index (χ4n) is 0.706. The average Bonchev–Trinajstić information content (AvgIpc) is 1.99. The topological polar surface area (TPSA) is 72.0 Å². The van der Waals surface area contributed by atoms with Crippen LogP contribution in [-0.2, 0) is 10.0 Å². The first-order valence-electron chi connectivity index (χ1n) is 4.03. The molecule has 5 nitrogen and oxygen atoms in total. The summed E-state index contributed by atoms with van der Waals surface area (Å²) >= 11 is 11.1. The van der Waals surface area contributed by atoms with Crippen LogP contribution in [0.5, 0.6) is 0 Å². The van der Waals surface area contributed by atoms with Crippen LogP contribution in [0.15, 0.2) is 6.07 Å². The standard InChI is InChI=1S/C7H9Cl2N3O2S/c1-4(2)15(13,14)12-6-3-5(8)10-7(9)11-6/h3-4H,1-2H3,(H,10,11,12). The Morgan fingerprint density at radius 2 is 1.93 bits per heavy atom. The van der Waals surface area contributed by atoms with Gasteiger partial charge in [0, 0.05) is 6.07 Å². The zero-order valence-electron chi connectivity index (χ0n) is 8.03. The van der Waals surface area contributed by atoms with Gasteiger partial charge in [-0.25, -0.2) is 13.4 Å². The molecule has 0 unspecified atom stereocenters. The summed E-state index contributed by atoms with van der Waals surface area (Å²) in [6.45, 7) is 3.10.